The molecule has 0 aliphatic rings. The summed E-state index contributed by atoms with van der Waals surface area (Å²) in [4.78, 5) is 12.9. The number of benzene rings is 1. The van der Waals surface area contributed by atoms with Gasteiger partial charge in [0.15, 0.2) is 0 Å². The van der Waals surface area contributed by atoms with Crippen molar-refractivity contribution in [2.75, 3.05) is 20.7 Å². The van der Waals surface area contributed by atoms with Gasteiger partial charge in [-0.15, -0.1) is 0 Å². The maximum Gasteiger partial charge on any atom is 0.225 e. The van der Waals surface area contributed by atoms with Crippen molar-refractivity contribution >= 4 is 21.8 Å². The molecular weight excluding hydrogens is 298 g/mol. The molecule has 0 spiro atoms. The summed E-state index contributed by atoms with van der Waals surface area (Å²) in [5, 5.41) is 9.65. The largest absolute Gasteiger partial charge is 0.493 e. The smallest absolute Gasteiger partial charge is 0.225 e. The Kier molecular flexibility index (Phi) is 5.62. The van der Waals surface area contributed by atoms with Crippen molar-refractivity contribution < 1.29 is 14.6 Å². The number of nitrogens with zero attached hydrogens (tertiary/aromatic N) is 1. The van der Waals surface area contributed by atoms with Gasteiger partial charge in [-0.05, 0) is 25.1 Å². The van der Waals surface area contributed by atoms with Crippen LogP contribution >= 0.6 is 15.9 Å². The highest BCUT2D eigenvalue weighted by Crippen LogP contribution is 2.28. The van der Waals surface area contributed by atoms with E-state index in [-0.39, 0.29) is 5.91 Å². The number of amides is 1. The Morgan fingerprint density at radius 3 is 2.72 bits per heavy atom. The van der Waals surface area contributed by atoms with E-state index < -0.39 is 6.10 Å². The van der Waals surface area contributed by atoms with Gasteiger partial charge < -0.3 is 14.7 Å². The lowest BCUT2D eigenvalue weighted by Crippen LogP contribution is -2.23. The molecule has 18 heavy (non-hydrogen) atoms. The first-order valence-electron chi connectivity index (χ1n) is 5.72. The molecule has 100 valence electrons. The molecular formula is C13H18BrNO3. The molecule has 0 aliphatic heterocycles. The Labute approximate surface area is 116 Å². The Morgan fingerprint density at radius 2 is 2.17 bits per heavy atom. The summed E-state index contributed by atoms with van der Waals surface area (Å²) in [5.41, 5.74) is 0.710. The fourth-order valence-corrected chi connectivity index (χ4v) is 1.83. The number of carbonyl (C=O) groups is 1. The molecule has 0 fully saturated rings. The Morgan fingerprint density at radius 1 is 1.50 bits per heavy atom. The predicted octanol–water partition coefficient (Wildman–Crippen LogP) is 2.36. The molecule has 1 rings (SSSR count). The second-order valence-corrected chi connectivity index (χ2v) is 5.16. The number of hydrogen-bond acceptors (Lipinski definition) is 3. The Bertz CT molecular complexity index is 419. The van der Waals surface area contributed by atoms with Crippen LogP contribution in [0.4, 0.5) is 0 Å². The molecule has 0 bridgehead atoms. The van der Waals surface area contributed by atoms with Crippen molar-refractivity contribution in [3.8, 4) is 5.75 Å². The molecule has 0 heterocycles. The minimum atomic E-state index is -0.609. The third kappa shape index (κ3) is 4.31. The average molecular weight is 316 g/mol. The zero-order chi connectivity index (χ0) is 13.7. The van der Waals surface area contributed by atoms with Crippen LogP contribution in [0.15, 0.2) is 22.7 Å². The third-order valence-electron chi connectivity index (χ3n) is 2.49. The van der Waals surface area contributed by atoms with Crippen molar-refractivity contribution in [3.05, 3.63) is 28.2 Å². The van der Waals surface area contributed by atoms with Gasteiger partial charge >= 0.3 is 0 Å². The first-order chi connectivity index (χ1) is 8.41. The zero-order valence-corrected chi connectivity index (χ0v) is 12.4. The monoisotopic (exact) mass is 315 g/mol. The molecule has 0 saturated heterocycles. The van der Waals surface area contributed by atoms with E-state index in [1.54, 1.807) is 27.1 Å². The van der Waals surface area contributed by atoms with E-state index in [1.807, 2.05) is 12.1 Å². The molecule has 0 aliphatic carbocycles. The molecule has 0 radical (unpaired) electrons. The molecule has 5 heteroatoms. The van der Waals surface area contributed by atoms with E-state index in [0.717, 1.165) is 4.47 Å². The van der Waals surface area contributed by atoms with E-state index in [9.17, 15) is 9.90 Å². The van der Waals surface area contributed by atoms with Crippen molar-refractivity contribution in [1.29, 1.82) is 0 Å². The molecule has 0 unspecified atom stereocenters. The Balaban J connectivity index is 2.65. The highest BCUT2D eigenvalue weighted by atomic mass is 79.9. The second-order valence-electron chi connectivity index (χ2n) is 4.24. The van der Waals surface area contributed by atoms with Crippen molar-refractivity contribution in [1.82, 2.24) is 4.90 Å². The number of carbonyl (C=O) groups excluding carboxylic acids is 1. The van der Waals surface area contributed by atoms with E-state index in [2.05, 4.69) is 15.9 Å². The summed E-state index contributed by atoms with van der Waals surface area (Å²) in [5.74, 6) is 0.630. The van der Waals surface area contributed by atoms with Crippen LogP contribution in [0.25, 0.3) is 0 Å². The Hall–Kier alpha value is -1.07. The SMILES string of the molecule is C[C@H](O)c1cc(Br)ccc1OCCC(=O)N(C)C. The van der Waals surface area contributed by atoms with Gasteiger partial charge in [-0.3, -0.25) is 4.79 Å². The maximum atomic E-state index is 11.4. The fourth-order valence-electron chi connectivity index (χ4n) is 1.45. The van der Waals surface area contributed by atoms with Crippen LogP contribution in [0.5, 0.6) is 5.75 Å². The summed E-state index contributed by atoms with van der Waals surface area (Å²) < 4.78 is 6.43. The summed E-state index contributed by atoms with van der Waals surface area (Å²) in [6, 6.07) is 5.44. The summed E-state index contributed by atoms with van der Waals surface area (Å²) >= 11 is 3.35. The van der Waals surface area contributed by atoms with Crippen molar-refractivity contribution in [2.24, 2.45) is 0 Å². The van der Waals surface area contributed by atoms with Crippen LogP contribution < -0.4 is 4.74 Å². The molecule has 4 nitrogen and oxygen atoms in total. The van der Waals surface area contributed by atoms with Crippen LogP contribution in [0, 0.1) is 0 Å². The summed E-state index contributed by atoms with van der Waals surface area (Å²) in [7, 11) is 3.42. The number of halogens is 1. The summed E-state index contributed by atoms with van der Waals surface area (Å²) in [6.07, 6.45) is -0.287. The van der Waals surface area contributed by atoms with Gasteiger partial charge in [-0.1, -0.05) is 15.9 Å². The quantitative estimate of drug-likeness (QED) is 0.907. The number of ether oxygens (including phenoxy) is 1. The van der Waals surface area contributed by atoms with Crippen LogP contribution in [0.3, 0.4) is 0 Å². The third-order valence-corrected chi connectivity index (χ3v) is 2.99. The van der Waals surface area contributed by atoms with Gasteiger partial charge in [0, 0.05) is 24.1 Å². The molecule has 0 saturated carbocycles. The van der Waals surface area contributed by atoms with Gasteiger partial charge in [-0.25, -0.2) is 0 Å². The molecule has 1 N–H and O–H groups in total. The molecule has 1 aromatic carbocycles. The first kappa shape index (κ1) is 15.0. The predicted molar refractivity (Wildman–Crippen MR) is 73.6 cm³/mol. The average Bonchev–Trinajstić information content (AvgIpc) is 2.30. The lowest BCUT2D eigenvalue weighted by molar-refractivity contribution is -0.129. The van der Waals surface area contributed by atoms with E-state index >= 15 is 0 Å². The van der Waals surface area contributed by atoms with Crippen LogP contribution in [0.1, 0.15) is 25.0 Å². The van der Waals surface area contributed by atoms with Crippen LogP contribution in [0.2, 0.25) is 0 Å². The second kappa shape index (κ2) is 6.75. The van der Waals surface area contributed by atoms with Gasteiger partial charge in [0.2, 0.25) is 5.91 Å². The topological polar surface area (TPSA) is 49.8 Å². The first-order valence-corrected chi connectivity index (χ1v) is 6.51. The van der Waals surface area contributed by atoms with Crippen LogP contribution in [-0.2, 0) is 4.79 Å². The van der Waals surface area contributed by atoms with Crippen LogP contribution in [-0.4, -0.2) is 36.6 Å². The van der Waals surface area contributed by atoms with Gasteiger partial charge in [0.05, 0.1) is 19.1 Å². The minimum Gasteiger partial charge on any atom is -0.493 e. The highest BCUT2D eigenvalue weighted by Gasteiger charge is 2.11. The standard InChI is InChI=1S/C13H18BrNO3/c1-9(16)11-8-10(14)4-5-12(11)18-7-6-13(17)15(2)3/h4-5,8-9,16H,6-7H2,1-3H3/t9-/m0/s1. The van der Waals surface area contributed by atoms with E-state index in [1.165, 1.54) is 4.90 Å². The number of hydrogen-bond donors (Lipinski definition) is 1. The lowest BCUT2D eigenvalue weighted by Gasteiger charge is -2.15. The van der Waals surface area contributed by atoms with Crippen molar-refractivity contribution in [2.45, 2.75) is 19.4 Å². The molecule has 1 aromatic rings. The number of aliphatic hydroxyl groups is 1. The zero-order valence-electron chi connectivity index (χ0n) is 10.8. The highest BCUT2D eigenvalue weighted by molar-refractivity contribution is 9.10. The summed E-state index contributed by atoms with van der Waals surface area (Å²) in [6.45, 7) is 1.98. The molecule has 0 aromatic heterocycles. The lowest BCUT2D eigenvalue weighted by atomic mass is 10.1. The van der Waals surface area contributed by atoms with E-state index in [4.69, 9.17) is 4.74 Å². The van der Waals surface area contributed by atoms with Gasteiger partial charge in [0.1, 0.15) is 5.75 Å². The van der Waals surface area contributed by atoms with Crippen molar-refractivity contribution in [3.63, 3.8) is 0 Å². The van der Waals surface area contributed by atoms with E-state index in [0.29, 0.717) is 24.3 Å². The molecule has 1 atom stereocenters. The fraction of sp³-hybridized carbons (Fsp3) is 0.462. The van der Waals surface area contributed by atoms with Gasteiger partial charge in [0.25, 0.3) is 0 Å². The maximum absolute atomic E-state index is 11.4. The number of rotatable bonds is 5. The van der Waals surface area contributed by atoms with Gasteiger partial charge in [-0.2, -0.15) is 0 Å². The number of aliphatic hydroxyl groups excluding tert-OH is 1. The normalized spacial score (nSPS) is 12.1. The minimum absolute atomic E-state index is 0.0192. The molecule has 1 amide bonds.